The van der Waals surface area contributed by atoms with Crippen LogP contribution in [0.15, 0.2) is 54.6 Å². The summed E-state index contributed by atoms with van der Waals surface area (Å²) >= 11 is 0. The predicted molar refractivity (Wildman–Crippen MR) is 95.8 cm³/mol. The largest absolute Gasteiger partial charge is 0.379 e. The second-order valence-corrected chi connectivity index (χ2v) is 5.78. The number of rotatable bonds is 6. The van der Waals surface area contributed by atoms with Gasteiger partial charge in [0.2, 0.25) is 0 Å². The van der Waals surface area contributed by atoms with Gasteiger partial charge in [-0.3, -0.25) is 9.69 Å². The molecule has 5 heteroatoms. The summed E-state index contributed by atoms with van der Waals surface area (Å²) in [4.78, 5) is 14.6. The summed E-state index contributed by atoms with van der Waals surface area (Å²) in [5, 5.41) is 6.29. The molecule has 0 unspecified atom stereocenters. The van der Waals surface area contributed by atoms with E-state index in [1.54, 1.807) is 0 Å². The van der Waals surface area contributed by atoms with Crippen molar-refractivity contribution in [2.24, 2.45) is 0 Å². The molecule has 5 nitrogen and oxygen atoms in total. The van der Waals surface area contributed by atoms with E-state index in [2.05, 4.69) is 15.5 Å². The molecule has 1 aliphatic heterocycles. The number of carbonyl (C=O) groups is 1. The van der Waals surface area contributed by atoms with E-state index in [4.69, 9.17) is 4.74 Å². The summed E-state index contributed by atoms with van der Waals surface area (Å²) in [5.41, 5.74) is 2.57. The lowest BCUT2D eigenvalue weighted by Gasteiger charge is -2.26. The number of hydrogen-bond acceptors (Lipinski definition) is 4. The summed E-state index contributed by atoms with van der Waals surface area (Å²) < 4.78 is 5.32. The molecule has 1 heterocycles. The Bertz CT molecular complexity index is 655. The molecule has 24 heavy (non-hydrogen) atoms. The summed E-state index contributed by atoms with van der Waals surface area (Å²) in [5.74, 6) is -0.0417. The maximum absolute atomic E-state index is 12.3. The number of amides is 1. The van der Waals surface area contributed by atoms with Crippen LogP contribution in [-0.4, -0.2) is 50.2 Å². The molecule has 3 rings (SSSR count). The molecule has 0 radical (unpaired) electrons. The van der Waals surface area contributed by atoms with Crippen LogP contribution in [0.2, 0.25) is 0 Å². The van der Waals surface area contributed by atoms with Gasteiger partial charge in [0, 0.05) is 43.1 Å². The van der Waals surface area contributed by atoms with Gasteiger partial charge in [-0.25, -0.2) is 0 Å². The number of nitrogens with one attached hydrogen (secondary N) is 2. The van der Waals surface area contributed by atoms with Crippen molar-refractivity contribution in [2.75, 3.05) is 44.7 Å². The third-order valence-electron chi connectivity index (χ3n) is 4.00. The molecule has 0 aromatic heterocycles. The van der Waals surface area contributed by atoms with Crippen LogP contribution in [0.5, 0.6) is 0 Å². The fourth-order valence-corrected chi connectivity index (χ4v) is 2.68. The predicted octanol–water partition coefficient (Wildman–Crippen LogP) is 2.49. The molecular formula is C19H23N3O2. The minimum absolute atomic E-state index is 0.0417. The second-order valence-electron chi connectivity index (χ2n) is 5.78. The highest BCUT2D eigenvalue weighted by atomic mass is 16.5. The van der Waals surface area contributed by atoms with Crippen LogP contribution in [0.4, 0.5) is 11.4 Å². The Morgan fingerprint density at radius 2 is 1.75 bits per heavy atom. The Kier molecular flexibility index (Phi) is 5.82. The first-order chi connectivity index (χ1) is 11.8. The minimum Gasteiger partial charge on any atom is -0.379 e. The molecule has 1 amide bonds. The van der Waals surface area contributed by atoms with Gasteiger partial charge in [-0.2, -0.15) is 0 Å². The summed E-state index contributed by atoms with van der Waals surface area (Å²) in [7, 11) is 0. The summed E-state index contributed by atoms with van der Waals surface area (Å²) in [6.07, 6.45) is 0. The first-order valence-corrected chi connectivity index (χ1v) is 8.32. The monoisotopic (exact) mass is 325 g/mol. The van der Waals surface area contributed by atoms with Gasteiger partial charge in [0.25, 0.3) is 5.91 Å². The number of para-hydroxylation sites is 1. The Morgan fingerprint density at radius 1 is 1.00 bits per heavy atom. The van der Waals surface area contributed by atoms with E-state index >= 15 is 0 Å². The van der Waals surface area contributed by atoms with Gasteiger partial charge in [-0.15, -0.1) is 0 Å². The lowest BCUT2D eigenvalue weighted by molar-refractivity contribution is 0.0383. The van der Waals surface area contributed by atoms with Crippen molar-refractivity contribution in [2.45, 2.75) is 0 Å². The quantitative estimate of drug-likeness (QED) is 0.857. The summed E-state index contributed by atoms with van der Waals surface area (Å²) in [6, 6.07) is 17.5. The van der Waals surface area contributed by atoms with Crippen LogP contribution in [0.3, 0.4) is 0 Å². The third kappa shape index (κ3) is 4.81. The van der Waals surface area contributed by atoms with Crippen LogP contribution < -0.4 is 10.6 Å². The molecule has 0 aliphatic carbocycles. The average Bonchev–Trinajstić information content (AvgIpc) is 2.64. The number of benzene rings is 2. The first-order valence-electron chi connectivity index (χ1n) is 8.32. The van der Waals surface area contributed by atoms with Crippen molar-refractivity contribution >= 4 is 17.3 Å². The Labute approximate surface area is 142 Å². The highest BCUT2D eigenvalue weighted by molar-refractivity contribution is 5.95. The second kappa shape index (κ2) is 8.47. The Morgan fingerprint density at radius 3 is 2.54 bits per heavy atom. The maximum Gasteiger partial charge on any atom is 0.251 e. The Hall–Kier alpha value is -2.37. The van der Waals surface area contributed by atoms with E-state index in [1.165, 1.54) is 0 Å². The topological polar surface area (TPSA) is 53.6 Å². The molecule has 0 atom stereocenters. The van der Waals surface area contributed by atoms with E-state index in [0.29, 0.717) is 12.1 Å². The van der Waals surface area contributed by atoms with Crippen LogP contribution in [0.25, 0.3) is 0 Å². The Balaban J connectivity index is 1.52. The normalized spacial score (nSPS) is 15.0. The van der Waals surface area contributed by atoms with Crippen molar-refractivity contribution in [3.63, 3.8) is 0 Å². The third-order valence-corrected chi connectivity index (χ3v) is 4.00. The zero-order valence-electron chi connectivity index (χ0n) is 13.7. The molecule has 0 bridgehead atoms. The van der Waals surface area contributed by atoms with Gasteiger partial charge in [0.05, 0.1) is 13.2 Å². The molecule has 2 N–H and O–H groups in total. The summed E-state index contributed by atoms with van der Waals surface area (Å²) in [6.45, 7) is 4.94. The first kappa shape index (κ1) is 16.5. The highest BCUT2D eigenvalue weighted by Crippen LogP contribution is 2.17. The van der Waals surface area contributed by atoms with E-state index in [0.717, 1.165) is 44.2 Å². The average molecular weight is 325 g/mol. The van der Waals surface area contributed by atoms with E-state index in [9.17, 15) is 4.79 Å². The van der Waals surface area contributed by atoms with Crippen molar-refractivity contribution in [1.29, 1.82) is 0 Å². The maximum atomic E-state index is 12.3. The molecule has 0 saturated carbocycles. The SMILES string of the molecule is O=C(NCCN1CCOCC1)c1cccc(Nc2ccccc2)c1. The fraction of sp³-hybridized carbons (Fsp3) is 0.316. The number of morpholine rings is 1. The van der Waals surface area contributed by atoms with Gasteiger partial charge in [0.15, 0.2) is 0 Å². The molecule has 0 spiro atoms. The standard InChI is InChI=1S/C19H23N3O2/c23-19(20-9-10-22-11-13-24-14-12-22)16-5-4-8-18(15-16)21-17-6-2-1-3-7-17/h1-8,15,21H,9-14H2,(H,20,23). The molecule has 126 valence electrons. The molecular weight excluding hydrogens is 302 g/mol. The highest BCUT2D eigenvalue weighted by Gasteiger charge is 2.11. The smallest absolute Gasteiger partial charge is 0.251 e. The van der Waals surface area contributed by atoms with Gasteiger partial charge in [0.1, 0.15) is 0 Å². The zero-order chi connectivity index (χ0) is 16.6. The van der Waals surface area contributed by atoms with E-state index < -0.39 is 0 Å². The zero-order valence-corrected chi connectivity index (χ0v) is 13.7. The lowest BCUT2D eigenvalue weighted by atomic mass is 10.2. The van der Waals surface area contributed by atoms with Gasteiger partial charge in [-0.1, -0.05) is 24.3 Å². The number of carbonyl (C=O) groups excluding carboxylic acids is 1. The molecule has 1 aliphatic rings. The molecule has 1 saturated heterocycles. The van der Waals surface area contributed by atoms with Crippen LogP contribution >= 0.6 is 0 Å². The lowest BCUT2D eigenvalue weighted by Crippen LogP contribution is -2.41. The molecule has 2 aromatic rings. The minimum atomic E-state index is -0.0417. The van der Waals surface area contributed by atoms with E-state index in [-0.39, 0.29) is 5.91 Å². The molecule has 2 aromatic carbocycles. The number of anilines is 2. The van der Waals surface area contributed by atoms with E-state index in [1.807, 2.05) is 54.6 Å². The van der Waals surface area contributed by atoms with Gasteiger partial charge < -0.3 is 15.4 Å². The number of nitrogens with zero attached hydrogens (tertiary/aromatic N) is 1. The van der Waals surface area contributed by atoms with Crippen LogP contribution in [0, 0.1) is 0 Å². The van der Waals surface area contributed by atoms with Crippen molar-refractivity contribution in [1.82, 2.24) is 10.2 Å². The van der Waals surface area contributed by atoms with Crippen LogP contribution in [-0.2, 0) is 4.74 Å². The van der Waals surface area contributed by atoms with Crippen LogP contribution in [0.1, 0.15) is 10.4 Å². The van der Waals surface area contributed by atoms with Crippen molar-refractivity contribution < 1.29 is 9.53 Å². The number of ether oxygens (including phenoxy) is 1. The van der Waals surface area contributed by atoms with Gasteiger partial charge >= 0.3 is 0 Å². The van der Waals surface area contributed by atoms with Gasteiger partial charge in [-0.05, 0) is 30.3 Å². The fourth-order valence-electron chi connectivity index (χ4n) is 2.68. The van der Waals surface area contributed by atoms with Crippen molar-refractivity contribution in [3.8, 4) is 0 Å². The number of hydrogen-bond donors (Lipinski definition) is 2. The molecule has 1 fully saturated rings. The van der Waals surface area contributed by atoms with Crippen molar-refractivity contribution in [3.05, 3.63) is 60.2 Å².